The van der Waals surface area contributed by atoms with Crippen molar-refractivity contribution in [3.63, 3.8) is 0 Å². The maximum Gasteiger partial charge on any atom is 0.500 e. The van der Waals surface area contributed by atoms with E-state index in [2.05, 4.69) is 174 Å². The Bertz CT molecular complexity index is 5390. The van der Waals surface area contributed by atoms with Crippen molar-refractivity contribution in [3.05, 3.63) is 250 Å². The van der Waals surface area contributed by atoms with E-state index in [9.17, 15) is 19.8 Å². The van der Waals surface area contributed by atoms with E-state index in [4.69, 9.17) is 22.8 Å². The Morgan fingerprint density at radius 2 is 0.591 bits per heavy atom. The van der Waals surface area contributed by atoms with Crippen LogP contribution in [0.2, 0.25) is 6.04 Å². The Morgan fingerprint density at radius 3 is 0.905 bits per heavy atom. The fourth-order valence-electron chi connectivity index (χ4n) is 19.3. The standard InChI is InChI=1S/C125H164N2O9Si/c1-12-23-31-45-55-98-88-108(100(57-47-33-25-14-3)86-106(98)68-63-96-65-76-114(77-66-96)127-124(131)126-83-53-43-41-39-40-42-44-54-84-137(132-20-9,133-21-10)134-22-11)70-72-110-90-104(61-51-37-29-18-7)112(92-102(110)59-49-35-27-16-5)74-75-113-93-103(60-50-36-28-17-6)111(91-105(113)62-52-38-30-19-8)73-71-109-89-99(56-46-32-24-13-2)107(87-101(109)58-48-34-26-15-4)69-64-97-67-80-118-117(85-97)123(130)136-125(118)119-81-78-115(128)94-121(119)135-122-95-116(129)79-82-120(122)125/h65-67,76-82,85-95,128-129H,12-62,83-84H2,1-11H3,(H2,126,127,131). The molecule has 0 aromatic heterocycles. The zero-order valence-electron chi connectivity index (χ0n) is 85.9. The summed E-state index contributed by atoms with van der Waals surface area (Å²) in [7, 11) is -2.57. The molecule has 137 heavy (non-hydrogen) atoms. The molecule has 0 radical (unpaired) electrons. The predicted octanol–water partition coefficient (Wildman–Crippen LogP) is 31.9. The summed E-state index contributed by atoms with van der Waals surface area (Å²) in [6.07, 6.45) is 53.3. The number of aryl methyl sites for hydroxylation is 8. The fraction of sp³-hybridized carbons (Fsp3) is 0.520. The lowest BCUT2D eigenvalue weighted by molar-refractivity contribution is 0.0224. The average Bonchev–Trinajstić information content (AvgIpc) is 1.56. The van der Waals surface area contributed by atoms with Crippen LogP contribution >= 0.6 is 0 Å². The van der Waals surface area contributed by atoms with Crippen LogP contribution in [0.5, 0.6) is 23.0 Å². The van der Waals surface area contributed by atoms with Crippen LogP contribution in [-0.2, 0) is 75.0 Å². The minimum Gasteiger partial charge on any atom is -0.508 e. The zero-order valence-corrected chi connectivity index (χ0v) is 86.9. The molecule has 0 saturated carbocycles. The molecule has 10 rings (SSSR count). The number of hydrogen-bond donors (Lipinski definition) is 4. The lowest BCUT2D eigenvalue weighted by Gasteiger charge is -2.36. The quantitative estimate of drug-likeness (QED) is 0.0127. The third-order valence-corrected chi connectivity index (χ3v) is 30.2. The number of ether oxygens (including phenoxy) is 2. The maximum absolute atomic E-state index is 14.3. The molecule has 2 amide bonds. The van der Waals surface area contributed by atoms with Crippen LogP contribution < -0.4 is 15.4 Å². The number of fused-ring (bicyclic) bond motifs is 6. The van der Waals surface area contributed by atoms with Gasteiger partial charge in [-0.1, -0.05) is 313 Å². The first kappa shape index (κ1) is 109. The van der Waals surface area contributed by atoms with Crippen molar-refractivity contribution in [1.29, 1.82) is 0 Å². The van der Waals surface area contributed by atoms with E-state index in [1.54, 1.807) is 24.3 Å². The number of aromatic hydroxyl groups is 2. The molecule has 2 aliphatic heterocycles. The molecule has 0 atom stereocenters. The number of hydrogen-bond acceptors (Lipinski definition) is 9. The molecule has 0 fully saturated rings. The monoisotopic (exact) mass is 1870 g/mol. The molecular weight excluding hydrogens is 1700 g/mol. The Kier molecular flexibility index (Phi) is 48.1. The minimum absolute atomic E-state index is 0.00927. The van der Waals surface area contributed by atoms with Crippen LogP contribution in [0.15, 0.2) is 127 Å². The molecular formula is C125H164N2O9Si. The lowest BCUT2D eigenvalue weighted by atomic mass is 9.77. The van der Waals surface area contributed by atoms with Gasteiger partial charge in [-0.05, 0) is 290 Å². The number of anilines is 1. The highest BCUT2D eigenvalue weighted by Gasteiger charge is 2.54. The second-order valence-electron chi connectivity index (χ2n) is 38.2. The second kappa shape index (κ2) is 60.6. The van der Waals surface area contributed by atoms with Crippen LogP contribution in [-0.4, -0.2) is 57.4 Å². The van der Waals surface area contributed by atoms with Gasteiger partial charge in [-0.25, -0.2) is 9.59 Å². The summed E-state index contributed by atoms with van der Waals surface area (Å²) in [6.45, 7) is 26.9. The fourth-order valence-corrected chi connectivity index (χ4v) is 22.0. The molecule has 0 saturated heterocycles. The summed E-state index contributed by atoms with van der Waals surface area (Å²) in [5.74, 6) is 38.4. The first-order chi connectivity index (χ1) is 67.1. The van der Waals surface area contributed by atoms with Gasteiger partial charge in [-0.3, -0.25) is 0 Å². The smallest absolute Gasteiger partial charge is 0.500 e. The molecule has 11 nitrogen and oxygen atoms in total. The Morgan fingerprint density at radius 1 is 0.314 bits per heavy atom. The van der Waals surface area contributed by atoms with Gasteiger partial charge < -0.3 is 43.6 Å². The van der Waals surface area contributed by atoms with E-state index in [0.29, 0.717) is 65.7 Å². The second-order valence-corrected chi connectivity index (χ2v) is 40.9. The van der Waals surface area contributed by atoms with Gasteiger partial charge in [0.15, 0.2) is 5.60 Å². The van der Waals surface area contributed by atoms with Crippen molar-refractivity contribution in [1.82, 2.24) is 5.32 Å². The Labute approximate surface area is 828 Å². The largest absolute Gasteiger partial charge is 0.508 e. The summed E-state index contributed by atoms with van der Waals surface area (Å²) in [5.41, 5.74) is 22.1. The third kappa shape index (κ3) is 34.1. The van der Waals surface area contributed by atoms with Gasteiger partial charge in [-0.15, -0.1) is 0 Å². The van der Waals surface area contributed by atoms with Crippen LogP contribution in [0, 0.1) is 59.2 Å². The molecule has 0 bridgehead atoms. The third-order valence-electron chi connectivity index (χ3n) is 27.1. The molecule has 0 unspecified atom stereocenters. The number of phenols is 2. The van der Waals surface area contributed by atoms with Crippen LogP contribution in [0.3, 0.4) is 0 Å². The van der Waals surface area contributed by atoms with E-state index in [-0.39, 0.29) is 17.5 Å². The highest BCUT2D eigenvalue weighted by atomic mass is 28.4. The highest BCUT2D eigenvalue weighted by molar-refractivity contribution is 6.60. The lowest BCUT2D eigenvalue weighted by Crippen LogP contribution is -2.45. The summed E-state index contributed by atoms with van der Waals surface area (Å²) >= 11 is 0. The van der Waals surface area contributed by atoms with Crippen LogP contribution in [0.25, 0.3) is 0 Å². The zero-order chi connectivity index (χ0) is 97.1. The number of phenolic OH excluding ortho intramolecular Hbond substituents is 2. The molecule has 2 aliphatic rings. The van der Waals surface area contributed by atoms with Crippen molar-refractivity contribution in [2.75, 3.05) is 31.7 Å². The van der Waals surface area contributed by atoms with E-state index >= 15 is 0 Å². The summed E-state index contributed by atoms with van der Waals surface area (Å²) in [4.78, 5) is 27.5. The van der Waals surface area contributed by atoms with E-state index in [1.807, 2.05) is 63.2 Å². The van der Waals surface area contributed by atoms with Gasteiger partial charge in [0, 0.05) is 123 Å². The SMILES string of the molecule is CCCCCCc1cc(C#Cc2cc(CCCCCC)c(C#Cc3cc(CCCCCC)c(C#Cc4cc(CCCCCC)c(C#Cc5ccc6c(c5)C(=O)OC65c6ccc(O)cc6Oc6cc(O)ccc65)cc4CCCCCC)cc3CCCCCC)cc2CCCCCC)c(CCCCCC)cc1C#Cc1ccc(NC(=O)NCCCCCCCCCC[Si](OCC)(OCC)OCC)cc1. The summed E-state index contributed by atoms with van der Waals surface area (Å²) in [6, 6.07) is 43.4. The first-order valence-corrected chi connectivity index (χ1v) is 56.1. The van der Waals surface area contributed by atoms with Gasteiger partial charge in [0.1, 0.15) is 23.0 Å². The van der Waals surface area contributed by atoms with Crippen molar-refractivity contribution in [2.24, 2.45) is 0 Å². The molecule has 4 N–H and O–H groups in total. The van der Waals surface area contributed by atoms with Crippen LogP contribution in [0.4, 0.5) is 10.5 Å². The number of esters is 1. The molecule has 732 valence electrons. The highest BCUT2D eigenvalue weighted by Crippen LogP contribution is 2.57. The van der Waals surface area contributed by atoms with Crippen LogP contribution in [0.1, 0.15) is 460 Å². The van der Waals surface area contributed by atoms with Gasteiger partial charge in [0.05, 0.1) is 5.56 Å². The van der Waals surface area contributed by atoms with E-state index in [0.717, 1.165) is 248 Å². The average molecular weight is 1870 g/mol. The number of carbonyl (C=O) groups is 2. The number of benzene rings is 8. The number of amides is 2. The number of carbonyl (C=O) groups excluding carboxylic acids is 2. The van der Waals surface area contributed by atoms with E-state index in [1.165, 1.54) is 179 Å². The molecule has 12 heteroatoms. The van der Waals surface area contributed by atoms with Gasteiger partial charge >= 0.3 is 20.8 Å². The van der Waals surface area contributed by atoms with Crippen molar-refractivity contribution >= 4 is 26.5 Å². The number of nitrogens with one attached hydrogen (secondary N) is 2. The number of urea groups is 1. The molecule has 8 aromatic carbocycles. The van der Waals surface area contributed by atoms with Crippen molar-refractivity contribution in [2.45, 2.75) is 396 Å². The first-order valence-electron chi connectivity index (χ1n) is 54.1. The Balaban J connectivity index is 0.965. The molecule has 2 heterocycles. The number of rotatable bonds is 58. The van der Waals surface area contributed by atoms with Crippen molar-refractivity contribution < 1.29 is 42.6 Å². The number of unbranched alkanes of at least 4 members (excludes halogenated alkanes) is 31. The predicted molar refractivity (Wildman–Crippen MR) is 572 cm³/mol. The van der Waals surface area contributed by atoms with E-state index < -0.39 is 20.4 Å². The maximum atomic E-state index is 14.3. The molecule has 8 aromatic rings. The topological polar surface area (TPSA) is 145 Å². The summed E-state index contributed by atoms with van der Waals surface area (Å²) < 4.78 is 30.9. The summed E-state index contributed by atoms with van der Waals surface area (Å²) in [5, 5.41) is 27.3. The minimum atomic E-state index is -2.57. The van der Waals surface area contributed by atoms with Gasteiger partial charge in [0.25, 0.3) is 0 Å². The Hall–Kier alpha value is -10.2. The van der Waals surface area contributed by atoms with Gasteiger partial charge in [0.2, 0.25) is 0 Å². The van der Waals surface area contributed by atoms with Crippen molar-refractivity contribution in [3.8, 4) is 82.2 Å². The van der Waals surface area contributed by atoms with Gasteiger partial charge in [-0.2, -0.15) is 0 Å². The molecule has 0 aliphatic carbocycles. The molecule has 1 spiro atoms. The normalized spacial score (nSPS) is 12.1.